The van der Waals surface area contributed by atoms with E-state index in [-0.39, 0.29) is 17.7 Å². The summed E-state index contributed by atoms with van der Waals surface area (Å²) in [6, 6.07) is 6.13. The number of rotatable bonds is 4. The van der Waals surface area contributed by atoms with Crippen LogP contribution >= 0.6 is 0 Å². The summed E-state index contributed by atoms with van der Waals surface area (Å²) in [6.07, 6.45) is 5.31. The Morgan fingerprint density at radius 1 is 1.20 bits per heavy atom. The molecule has 1 aromatic rings. The Morgan fingerprint density at radius 2 is 2.00 bits per heavy atom. The van der Waals surface area contributed by atoms with E-state index < -0.39 is 0 Å². The summed E-state index contributed by atoms with van der Waals surface area (Å²) < 4.78 is 0. The van der Waals surface area contributed by atoms with Crippen LogP contribution in [0.4, 0.5) is 0 Å². The van der Waals surface area contributed by atoms with Crippen molar-refractivity contribution in [3.8, 4) is 0 Å². The fourth-order valence-electron chi connectivity index (χ4n) is 4.27. The molecule has 4 atom stereocenters. The van der Waals surface area contributed by atoms with Gasteiger partial charge in [-0.25, -0.2) is 0 Å². The third kappa shape index (κ3) is 4.23. The van der Waals surface area contributed by atoms with Gasteiger partial charge in [0.25, 0.3) is 5.91 Å². The summed E-state index contributed by atoms with van der Waals surface area (Å²) in [7, 11) is 0. The molecule has 1 aliphatic carbocycles. The molecule has 1 aromatic carbocycles. The highest BCUT2D eigenvalue weighted by Gasteiger charge is 2.38. The lowest BCUT2D eigenvalue weighted by atomic mass is 9.72. The zero-order chi connectivity index (χ0) is 18.0. The van der Waals surface area contributed by atoms with Gasteiger partial charge in [-0.05, 0) is 74.6 Å². The number of benzene rings is 1. The van der Waals surface area contributed by atoms with Crippen molar-refractivity contribution in [3.63, 3.8) is 0 Å². The maximum Gasteiger partial charge on any atom is 0.251 e. The number of piperidine rings is 1. The van der Waals surface area contributed by atoms with E-state index >= 15 is 0 Å². The molecule has 25 heavy (non-hydrogen) atoms. The minimum absolute atomic E-state index is 0.0368. The van der Waals surface area contributed by atoms with Crippen LogP contribution in [0.3, 0.4) is 0 Å². The molecule has 3 rings (SSSR count). The fraction of sp³-hybridized carbons (Fsp3) is 0.619. The number of nitrogens with one attached hydrogen (secondary N) is 2. The summed E-state index contributed by atoms with van der Waals surface area (Å²) in [5, 5.41) is 6.20. The Labute approximate surface area is 150 Å². The van der Waals surface area contributed by atoms with Crippen LogP contribution in [0.1, 0.15) is 60.5 Å². The van der Waals surface area contributed by atoms with Crippen LogP contribution in [-0.4, -0.2) is 24.4 Å². The molecule has 2 aliphatic rings. The molecular weight excluding hydrogens is 312 g/mol. The standard InChI is InChI=1S/C21H30N2O2/c1-13-4-6-16-12-18(21(25)23-19(16)10-13)8-9-22-20(24)17-7-5-14(2)15(3)11-17/h5,7,11,13,16,18-19H,4,6,8-10,12H2,1-3H3,(H,22,24)(H,23,25). The third-order valence-electron chi connectivity index (χ3n) is 6.09. The molecule has 4 nitrogen and oxygen atoms in total. The maximum atomic E-state index is 12.4. The highest BCUT2D eigenvalue weighted by molar-refractivity contribution is 5.94. The number of fused-ring (bicyclic) bond motifs is 1. The topological polar surface area (TPSA) is 58.2 Å². The van der Waals surface area contributed by atoms with Crippen molar-refractivity contribution in [3.05, 3.63) is 34.9 Å². The fourth-order valence-corrected chi connectivity index (χ4v) is 4.27. The Bertz CT molecular complexity index is 655. The first-order chi connectivity index (χ1) is 11.9. The number of hydrogen-bond donors (Lipinski definition) is 2. The van der Waals surface area contributed by atoms with E-state index in [1.54, 1.807) is 0 Å². The molecule has 136 valence electrons. The summed E-state index contributed by atoms with van der Waals surface area (Å²) in [6.45, 7) is 6.88. The molecule has 2 fully saturated rings. The largest absolute Gasteiger partial charge is 0.353 e. The molecular formula is C21H30N2O2. The van der Waals surface area contributed by atoms with Gasteiger partial charge in [-0.15, -0.1) is 0 Å². The normalized spacial score (nSPS) is 28.8. The molecule has 4 unspecified atom stereocenters. The van der Waals surface area contributed by atoms with Gasteiger partial charge in [-0.1, -0.05) is 19.4 Å². The highest BCUT2D eigenvalue weighted by atomic mass is 16.2. The van der Waals surface area contributed by atoms with E-state index in [2.05, 4.69) is 17.6 Å². The molecule has 0 bridgehead atoms. The van der Waals surface area contributed by atoms with Gasteiger partial charge < -0.3 is 10.6 Å². The number of amides is 2. The average molecular weight is 342 g/mol. The lowest BCUT2D eigenvalue weighted by molar-refractivity contribution is -0.130. The molecule has 1 aliphatic heterocycles. The average Bonchev–Trinajstić information content (AvgIpc) is 2.57. The van der Waals surface area contributed by atoms with Crippen LogP contribution < -0.4 is 10.6 Å². The van der Waals surface area contributed by atoms with Gasteiger partial charge in [0.15, 0.2) is 0 Å². The summed E-state index contributed by atoms with van der Waals surface area (Å²) in [5.74, 6) is 1.50. The Morgan fingerprint density at radius 3 is 2.76 bits per heavy atom. The van der Waals surface area contributed by atoms with E-state index in [0.29, 0.717) is 24.1 Å². The van der Waals surface area contributed by atoms with Crippen LogP contribution in [0.15, 0.2) is 18.2 Å². The second-order valence-corrected chi connectivity index (χ2v) is 8.07. The van der Waals surface area contributed by atoms with Crippen molar-refractivity contribution in [2.45, 2.75) is 58.9 Å². The number of carbonyl (C=O) groups excluding carboxylic acids is 2. The van der Waals surface area contributed by atoms with Crippen LogP contribution in [0, 0.1) is 31.6 Å². The second-order valence-electron chi connectivity index (χ2n) is 8.07. The minimum Gasteiger partial charge on any atom is -0.353 e. The van der Waals surface area contributed by atoms with E-state index in [0.717, 1.165) is 30.7 Å². The highest BCUT2D eigenvalue weighted by Crippen LogP contribution is 2.36. The van der Waals surface area contributed by atoms with Crippen molar-refractivity contribution in [1.29, 1.82) is 0 Å². The van der Waals surface area contributed by atoms with Crippen LogP contribution in [-0.2, 0) is 4.79 Å². The predicted octanol–water partition coefficient (Wildman–Crippen LogP) is 3.36. The first kappa shape index (κ1) is 18.0. The van der Waals surface area contributed by atoms with Crippen molar-refractivity contribution < 1.29 is 9.59 Å². The molecule has 0 aromatic heterocycles. The molecule has 1 heterocycles. The van der Waals surface area contributed by atoms with Gasteiger partial charge in [0.2, 0.25) is 5.91 Å². The summed E-state index contributed by atoms with van der Waals surface area (Å²) in [5.41, 5.74) is 3.00. The van der Waals surface area contributed by atoms with Crippen molar-refractivity contribution in [2.24, 2.45) is 17.8 Å². The summed E-state index contributed by atoms with van der Waals surface area (Å²) in [4.78, 5) is 24.6. The predicted molar refractivity (Wildman–Crippen MR) is 99.4 cm³/mol. The zero-order valence-corrected chi connectivity index (χ0v) is 15.6. The SMILES string of the molecule is Cc1ccc(C(=O)NCCC2CC3CCC(C)CC3NC2=O)cc1C. The molecule has 0 radical (unpaired) electrons. The first-order valence-electron chi connectivity index (χ1n) is 9.60. The van der Waals surface area contributed by atoms with E-state index in [4.69, 9.17) is 0 Å². The van der Waals surface area contributed by atoms with Crippen molar-refractivity contribution in [2.75, 3.05) is 6.54 Å². The van der Waals surface area contributed by atoms with Gasteiger partial charge in [0.05, 0.1) is 0 Å². The van der Waals surface area contributed by atoms with Gasteiger partial charge in [0, 0.05) is 24.1 Å². The number of carbonyl (C=O) groups is 2. The van der Waals surface area contributed by atoms with Gasteiger partial charge in [0.1, 0.15) is 0 Å². The van der Waals surface area contributed by atoms with E-state index in [1.165, 1.54) is 18.4 Å². The molecule has 0 spiro atoms. The van der Waals surface area contributed by atoms with Crippen LogP contribution in [0.2, 0.25) is 0 Å². The Kier molecular flexibility index (Phi) is 5.45. The van der Waals surface area contributed by atoms with E-state index in [1.807, 2.05) is 32.0 Å². The second kappa shape index (κ2) is 7.59. The number of hydrogen-bond acceptors (Lipinski definition) is 2. The minimum atomic E-state index is -0.0521. The Hall–Kier alpha value is -1.84. The Balaban J connectivity index is 1.49. The van der Waals surface area contributed by atoms with Gasteiger partial charge in [-0.3, -0.25) is 9.59 Å². The quantitative estimate of drug-likeness (QED) is 0.881. The molecule has 4 heteroatoms. The molecule has 1 saturated heterocycles. The van der Waals surface area contributed by atoms with Crippen LogP contribution in [0.25, 0.3) is 0 Å². The monoisotopic (exact) mass is 342 g/mol. The third-order valence-corrected chi connectivity index (χ3v) is 6.09. The van der Waals surface area contributed by atoms with E-state index in [9.17, 15) is 9.59 Å². The zero-order valence-electron chi connectivity index (χ0n) is 15.6. The molecule has 1 saturated carbocycles. The molecule has 2 N–H and O–H groups in total. The van der Waals surface area contributed by atoms with Crippen molar-refractivity contribution in [1.82, 2.24) is 10.6 Å². The lowest BCUT2D eigenvalue weighted by Gasteiger charge is -2.41. The van der Waals surface area contributed by atoms with Gasteiger partial charge in [-0.2, -0.15) is 0 Å². The van der Waals surface area contributed by atoms with Crippen LogP contribution in [0.5, 0.6) is 0 Å². The summed E-state index contributed by atoms with van der Waals surface area (Å²) >= 11 is 0. The van der Waals surface area contributed by atoms with Crippen molar-refractivity contribution >= 4 is 11.8 Å². The smallest absolute Gasteiger partial charge is 0.251 e. The first-order valence-corrected chi connectivity index (χ1v) is 9.60. The van der Waals surface area contributed by atoms with Gasteiger partial charge >= 0.3 is 0 Å². The maximum absolute atomic E-state index is 12.4. The number of aryl methyl sites for hydroxylation is 2. The lowest BCUT2D eigenvalue weighted by Crippen LogP contribution is -2.52. The molecule has 2 amide bonds.